The van der Waals surface area contributed by atoms with Gasteiger partial charge in [-0.05, 0) is 32.0 Å². The van der Waals surface area contributed by atoms with Gasteiger partial charge in [0, 0.05) is 35.6 Å². The number of aromatic nitrogens is 2. The number of carbonyl (C=O) groups excluding carboxylic acids is 2. The van der Waals surface area contributed by atoms with Crippen molar-refractivity contribution in [2.45, 2.75) is 26.7 Å². The van der Waals surface area contributed by atoms with Crippen LogP contribution in [0.1, 0.15) is 37.0 Å². The molecule has 0 fully saturated rings. The summed E-state index contributed by atoms with van der Waals surface area (Å²) in [5.74, 6) is 1.53. The molecule has 37 heavy (non-hydrogen) atoms. The Bertz CT molecular complexity index is 1300. The van der Waals surface area contributed by atoms with E-state index < -0.39 is 0 Å². The summed E-state index contributed by atoms with van der Waals surface area (Å²) in [5.41, 5.74) is 2.91. The molecule has 0 aliphatic rings. The fourth-order valence-corrected chi connectivity index (χ4v) is 3.79. The van der Waals surface area contributed by atoms with Gasteiger partial charge in [0.1, 0.15) is 5.82 Å². The van der Waals surface area contributed by atoms with Gasteiger partial charge in [-0.25, -0.2) is 9.97 Å². The maximum absolute atomic E-state index is 12.8. The van der Waals surface area contributed by atoms with Crippen molar-refractivity contribution in [2.75, 3.05) is 18.5 Å². The van der Waals surface area contributed by atoms with E-state index in [1.54, 1.807) is 24.3 Å². The van der Waals surface area contributed by atoms with Crippen LogP contribution in [-0.4, -0.2) is 34.9 Å². The summed E-state index contributed by atoms with van der Waals surface area (Å²) >= 11 is 0. The van der Waals surface area contributed by atoms with Gasteiger partial charge >= 0.3 is 0 Å². The minimum absolute atomic E-state index is 0.0152. The number of hydrogen-bond donors (Lipinski definition) is 1. The molecule has 4 rings (SSSR count). The monoisotopic (exact) mass is 495 g/mol. The molecule has 4 aromatic rings. The minimum atomic E-state index is -0.305. The maximum Gasteiger partial charge on any atom is 0.225 e. The Morgan fingerprint density at radius 2 is 1.38 bits per heavy atom. The number of nitrogens with zero attached hydrogens (tertiary/aromatic N) is 2. The summed E-state index contributed by atoms with van der Waals surface area (Å²) in [5, 5.41) is 2.84. The number of anilines is 1. The Morgan fingerprint density at radius 1 is 0.730 bits per heavy atom. The molecule has 0 saturated carbocycles. The van der Waals surface area contributed by atoms with Gasteiger partial charge in [-0.3, -0.25) is 9.59 Å². The van der Waals surface area contributed by atoms with E-state index in [0.29, 0.717) is 47.6 Å². The quantitative estimate of drug-likeness (QED) is 0.249. The van der Waals surface area contributed by atoms with E-state index >= 15 is 0 Å². The van der Waals surface area contributed by atoms with E-state index in [1.807, 2.05) is 74.5 Å². The second-order valence-electron chi connectivity index (χ2n) is 8.19. The Balaban J connectivity index is 1.48. The molecule has 0 radical (unpaired) electrons. The van der Waals surface area contributed by atoms with Crippen molar-refractivity contribution in [3.05, 3.63) is 90.5 Å². The van der Waals surface area contributed by atoms with Crippen molar-refractivity contribution >= 4 is 17.5 Å². The summed E-state index contributed by atoms with van der Waals surface area (Å²) in [6.45, 7) is 4.70. The van der Waals surface area contributed by atoms with Gasteiger partial charge in [0.05, 0.1) is 18.9 Å². The first-order valence-corrected chi connectivity index (χ1v) is 12.3. The zero-order chi connectivity index (χ0) is 26.0. The molecule has 0 aliphatic heterocycles. The number of carbonyl (C=O) groups is 2. The predicted octanol–water partition coefficient (Wildman–Crippen LogP) is 6.21. The molecule has 1 heterocycles. The summed E-state index contributed by atoms with van der Waals surface area (Å²) in [4.78, 5) is 34.8. The van der Waals surface area contributed by atoms with Gasteiger partial charge in [-0.15, -0.1) is 0 Å². The second-order valence-corrected chi connectivity index (χ2v) is 8.19. The van der Waals surface area contributed by atoms with Crippen molar-refractivity contribution in [3.63, 3.8) is 0 Å². The van der Waals surface area contributed by atoms with Gasteiger partial charge in [-0.1, -0.05) is 60.7 Å². The maximum atomic E-state index is 12.8. The molecule has 1 amide bonds. The highest BCUT2D eigenvalue weighted by molar-refractivity contribution is 6.00. The Hall–Kier alpha value is -4.52. The molecule has 1 N–H and O–H groups in total. The van der Waals surface area contributed by atoms with Crippen LogP contribution in [0.15, 0.2) is 84.9 Å². The average Bonchev–Trinajstić information content (AvgIpc) is 2.93. The van der Waals surface area contributed by atoms with Gasteiger partial charge in [0.25, 0.3) is 0 Å². The number of ether oxygens (including phenoxy) is 2. The lowest BCUT2D eigenvalue weighted by atomic mass is 10.1. The van der Waals surface area contributed by atoms with Gasteiger partial charge in [-0.2, -0.15) is 0 Å². The zero-order valence-electron chi connectivity index (χ0n) is 20.9. The first-order valence-electron chi connectivity index (χ1n) is 12.3. The third kappa shape index (κ3) is 6.79. The number of nitrogens with one attached hydrogen (secondary N) is 1. The largest absolute Gasteiger partial charge is 0.490 e. The van der Waals surface area contributed by atoms with Crippen molar-refractivity contribution < 1.29 is 19.1 Å². The van der Waals surface area contributed by atoms with Crippen LogP contribution in [-0.2, 0) is 4.79 Å². The summed E-state index contributed by atoms with van der Waals surface area (Å²) in [7, 11) is 0. The number of benzene rings is 3. The lowest BCUT2D eigenvalue weighted by Gasteiger charge is -2.12. The van der Waals surface area contributed by atoms with Crippen LogP contribution in [0.2, 0.25) is 0 Å². The molecule has 3 aromatic carbocycles. The third-order valence-corrected chi connectivity index (χ3v) is 5.54. The van der Waals surface area contributed by atoms with Crippen molar-refractivity contribution in [1.29, 1.82) is 0 Å². The van der Waals surface area contributed by atoms with Gasteiger partial charge in [0.15, 0.2) is 23.1 Å². The topological polar surface area (TPSA) is 90.4 Å². The molecule has 7 nitrogen and oxygen atoms in total. The first kappa shape index (κ1) is 25.6. The molecule has 7 heteroatoms. The summed E-state index contributed by atoms with van der Waals surface area (Å²) < 4.78 is 11.2. The first-order chi connectivity index (χ1) is 18.1. The minimum Gasteiger partial charge on any atom is -0.490 e. The van der Waals surface area contributed by atoms with E-state index in [0.717, 1.165) is 11.1 Å². The molecule has 1 aromatic heterocycles. The fourth-order valence-electron chi connectivity index (χ4n) is 3.79. The SMILES string of the molecule is CCOc1ccc(C(=O)CCC(=O)Nc2cc(-c3ccccc3)nc(-c3ccccc3)n2)cc1OCC. The zero-order valence-corrected chi connectivity index (χ0v) is 20.9. The van der Waals surface area contributed by atoms with Gasteiger partial charge in [0.2, 0.25) is 5.91 Å². The standard InChI is InChI=1S/C30H29N3O4/c1-3-36-26-17-15-23(19-27(26)37-4-2)25(34)16-18-29(35)32-28-20-24(21-11-7-5-8-12-21)31-30(33-28)22-13-9-6-10-14-22/h5-15,17,19-20H,3-4,16,18H2,1-2H3,(H,31,32,33,35). The summed E-state index contributed by atoms with van der Waals surface area (Å²) in [6.07, 6.45) is 0.0644. The number of rotatable bonds is 11. The Labute approximate surface area is 216 Å². The molecular formula is C30H29N3O4. The molecule has 0 spiro atoms. The molecule has 0 saturated heterocycles. The van der Waals surface area contributed by atoms with Crippen LogP contribution in [0, 0.1) is 0 Å². The smallest absolute Gasteiger partial charge is 0.225 e. The van der Waals surface area contributed by atoms with Crippen LogP contribution in [0.5, 0.6) is 11.5 Å². The number of hydrogen-bond acceptors (Lipinski definition) is 6. The van der Waals surface area contributed by atoms with E-state index in [9.17, 15) is 9.59 Å². The number of ketones is 1. The van der Waals surface area contributed by atoms with E-state index in [4.69, 9.17) is 14.5 Å². The molecule has 0 aliphatic carbocycles. The van der Waals surface area contributed by atoms with Crippen molar-refractivity contribution in [3.8, 4) is 34.1 Å². The number of amides is 1. The van der Waals surface area contributed by atoms with E-state index in [-0.39, 0.29) is 24.5 Å². The van der Waals surface area contributed by atoms with Crippen LogP contribution in [0.4, 0.5) is 5.82 Å². The summed E-state index contributed by atoms with van der Waals surface area (Å²) in [6, 6.07) is 26.1. The molecular weight excluding hydrogens is 466 g/mol. The second kappa shape index (κ2) is 12.4. The van der Waals surface area contributed by atoms with Crippen molar-refractivity contribution in [1.82, 2.24) is 9.97 Å². The van der Waals surface area contributed by atoms with Crippen molar-refractivity contribution in [2.24, 2.45) is 0 Å². The number of Topliss-reactive ketones (excluding diaryl/α,β-unsaturated/α-hetero) is 1. The average molecular weight is 496 g/mol. The lowest BCUT2D eigenvalue weighted by Crippen LogP contribution is -2.15. The predicted molar refractivity (Wildman–Crippen MR) is 144 cm³/mol. The van der Waals surface area contributed by atoms with E-state index in [1.165, 1.54) is 0 Å². The highest BCUT2D eigenvalue weighted by Gasteiger charge is 2.15. The Kier molecular flexibility index (Phi) is 8.60. The molecule has 0 bridgehead atoms. The van der Waals surface area contributed by atoms with Gasteiger partial charge < -0.3 is 14.8 Å². The highest BCUT2D eigenvalue weighted by Crippen LogP contribution is 2.29. The van der Waals surface area contributed by atoms with Crippen LogP contribution < -0.4 is 14.8 Å². The molecule has 0 atom stereocenters. The van der Waals surface area contributed by atoms with Crippen LogP contribution in [0.3, 0.4) is 0 Å². The third-order valence-electron chi connectivity index (χ3n) is 5.54. The van der Waals surface area contributed by atoms with Crippen LogP contribution in [0.25, 0.3) is 22.6 Å². The molecule has 188 valence electrons. The van der Waals surface area contributed by atoms with Crippen LogP contribution >= 0.6 is 0 Å². The highest BCUT2D eigenvalue weighted by atomic mass is 16.5. The molecule has 0 unspecified atom stereocenters. The fraction of sp³-hybridized carbons (Fsp3) is 0.200. The lowest BCUT2D eigenvalue weighted by molar-refractivity contribution is -0.116. The van der Waals surface area contributed by atoms with E-state index in [2.05, 4.69) is 10.3 Å². The Morgan fingerprint density at radius 3 is 2.05 bits per heavy atom. The normalized spacial score (nSPS) is 10.5.